The van der Waals surface area contributed by atoms with E-state index >= 15 is 0 Å². The van der Waals surface area contributed by atoms with Gasteiger partial charge in [0.05, 0.1) is 43.5 Å². The van der Waals surface area contributed by atoms with Gasteiger partial charge in [0.1, 0.15) is 11.9 Å². The van der Waals surface area contributed by atoms with E-state index in [-0.39, 0.29) is 12.6 Å². The highest BCUT2D eigenvalue weighted by atomic mass is 35.5. The normalized spacial score (nSPS) is 16.5. The fourth-order valence-electron chi connectivity index (χ4n) is 6.08. The van der Waals surface area contributed by atoms with Gasteiger partial charge in [0.15, 0.2) is 0 Å². The fraction of sp³-hybridized carbons (Fsp3) is 0.278. The Labute approximate surface area is 283 Å². The lowest BCUT2D eigenvalue weighted by Gasteiger charge is -2.24. The number of benzene rings is 4. The van der Waals surface area contributed by atoms with Crippen molar-refractivity contribution in [1.29, 1.82) is 0 Å². The number of alkyl halides is 6. The summed E-state index contributed by atoms with van der Waals surface area (Å²) < 4.78 is 97.6. The van der Waals surface area contributed by atoms with Gasteiger partial charge in [-0.3, -0.25) is 4.90 Å². The van der Waals surface area contributed by atoms with Crippen LogP contribution in [0.15, 0.2) is 66.7 Å². The van der Waals surface area contributed by atoms with Crippen LogP contribution in [0.4, 0.5) is 31.1 Å². The van der Waals surface area contributed by atoms with Crippen LogP contribution in [0.5, 0.6) is 5.75 Å². The van der Waals surface area contributed by atoms with Gasteiger partial charge in [-0.25, -0.2) is 9.59 Å². The summed E-state index contributed by atoms with van der Waals surface area (Å²) in [6.07, 6.45) is -12.5. The number of rotatable bonds is 7. The lowest BCUT2D eigenvalue weighted by molar-refractivity contribution is -0.143. The predicted octanol–water partition coefficient (Wildman–Crippen LogP) is 10.2. The van der Waals surface area contributed by atoms with Gasteiger partial charge in [0.2, 0.25) is 0 Å². The monoisotopic (exact) mass is 705 g/mol. The van der Waals surface area contributed by atoms with Crippen molar-refractivity contribution in [3.63, 3.8) is 0 Å². The van der Waals surface area contributed by atoms with Crippen molar-refractivity contribution in [2.75, 3.05) is 14.2 Å². The van der Waals surface area contributed by atoms with Crippen molar-refractivity contribution in [3.05, 3.63) is 111 Å². The molecule has 4 aromatic rings. The molecule has 1 amide bonds. The third-order valence-corrected chi connectivity index (χ3v) is 8.70. The standard InChI is InChI=1S/C36H30ClF6NO5/c1-18-10-21(33(45)48-5)6-8-28(18)22-11-19(2)31(47-4)30(15-22)29-9-7-27(37)14-24(29)17-44-20(3)32(49-34(44)46)23-12-25(35(38,39)40)16-26(13-23)36(41,42)43/h6-16,20,32H,17H2,1-5H3/t20-,32-/m0/s1. The molecule has 0 N–H and O–H groups in total. The van der Waals surface area contributed by atoms with Crippen molar-refractivity contribution >= 4 is 23.7 Å². The Morgan fingerprint density at radius 3 is 2.04 bits per heavy atom. The van der Waals surface area contributed by atoms with Gasteiger partial charge in [-0.05, 0) is 114 Å². The van der Waals surface area contributed by atoms with Gasteiger partial charge in [-0.15, -0.1) is 0 Å². The lowest BCUT2D eigenvalue weighted by Crippen LogP contribution is -2.31. The second-order valence-electron chi connectivity index (χ2n) is 11.7. The minimum absolute atomic E-state index is 0.0272. The SMILES string of the molecule is COC(=O)c1ccc(-c2cc(C)c(OC)c(-c3ccc(Cl)cc3CN3C(=O)O[C@H](c4cc(C(F)(F)F)cc(C(F)(F)F)c4)[C@@H]3C)c2)c(C)c1. The first-order valence-electron chi connectivity index (χ1n) is 14.9. The molecule has 0 aliphatic carbocycles. The van der Waals surface area contributed by atoms with Gasteiger partial charge in [0, 0.05) is 10.6 Å². The zero-order chi connectivity index (χ0) is 36.0. The first kappa shape index (κ1) is 35.6. The molecule has 5 rings (SSSR count). The molecule has 0 aromatic heterocycles. The number of carbonyl (C=O) groups excluding carboxylic acids is 2. The molecule has 13 heteroatoms. The van der Waals surface area contributed by atoms with Crippen LogP contribution in [0.1, 0.15) is 56.8 Å². The average molecular weight is 706 g/mol. The summed E-state index contributed by atoms with van der Waals surface area (Å²) in [4.78, 5) is 26.5. The van der Waals surface area contributed by atoms with E-state index < -0.39 is 53.3 Å². The van der Waals surface area contributed by atoms with Crippen LogP contribution in [0.2, 0.25) is 5.02 Å². The minimum Gasteiger partial charge on any atom is -0.496 e. The maximum Gasteiger partial charge on any atom is 0.416 e. The summed E-state index contributed by atoms with van der Waals surface area (Å²) in [5.74, 6) is 0.0486. The van der Waals surface area contributed by atoms with E-state index in [0.29, 0.717) is 45.2 Å². The second kappa shape index (κ2) is 13.3. The van der Waals surface area contributed by atoms with Crippen molar-refractivity contribution in [2.45, 2.75) is 51.8 Å². The number of amides is 1. The third-order valence-electron chi connectivity index (χ3n) is 8.47. The minimum atomic E-state index is -5.06. The van der Waals surface area contributed by atoms with Crippen LogP contribution >= 0.6 is 11.6 Å². The summed E-state index contributed by atoms with van der Waals surface area (Å²) in [5, 5.41) is 0.323. The fourth-order valence-corrected chi connectivity index (χ4v) is 6.27. The molecule has 0 unspecified atom stereocenters. The van der Waals surface area contributed by atoms with E-state index in [2.05, 4.69) is 0 Å². The lowest BCUT2D eigenvalue weighted by atomic mass is 9.90. The topological polar surface area (TPSA) is 65.1 Å². The molecule has 1 aliphatic heterocycles. The van der Waals surface area contributed by atoms with Crippen LogP contribution in [0, 0.1) is 13.8 Å². The molecule has 0 radical (unpaired) electrons. The number of methoxy groups -OCH3 is 2. The van der Waals surface area contributed by atoms with Gasteiger partial charge < -0.3 is 14.2 Å². The molecule has 1 saturated heterocycles. The van der Waals surface area contributed by atoms with Crippen LogP contribution < -0.4 is 4.74 Å². The zero-order valence-corrected chi connectivity index (χ0v) is 27.6. The van der Waals surface area contributed by atoms with Crippen LogP contribution in [-0.2, 0) is 28.4 Å². The molecule has 0 bridgehead atoms. The summed E-state index contributed by atoms with van der Waals surface area (Å²) >= 11 is 6.40. The number of esters is 1. The summed E-state index contributed by atoms with van der Waals surface area (Å²) in [6.45, 7) is 5.05. The van der Waals surface area contributed by atoms with E-state index in [9.17, 15) is 35.9 Å². The highest BCUT2D eigenvalue weighted by Crippen LogP contribution is 2.44. The Kier molecular flexibility index (Phi) is 9.66. The molecule has 6 nitrogen and oxygen atoms in total. The first-order chi connectivity index (χ1) is 22.9. The molecular formula is C36H30ClF6NO5. The highest BCUT2D eigenvalue weighted by Gasteiger charge is 2.43. The van der Waals surface area contributed by atoms with E-state index in [1.54, 1.807) is 36.4 Å². The van der Waals surface area contributed by atoms with Crippen molar-refractivity contribution in [2.24, 2.45) is 0 Å². The zero-order valence-electron chi connectivity index (χ0n) is 26.8. The number of halogens is 7. The van der Waals surface area contributed by atoms with Crippen molar-refractivity contribution in [3.8, 4) is 28.0 Å². The van der Waals surface area contributed by atoms with Gasteiger partial charge in [0.25, 0.3) is 0 Å². The number of cyclic esters (lactones) is 1. The number of aryl methyl sites for hydroxylation is 2. The first-order valence-corrected chi connectivity index (χ1v) is 15.2. The molecule has 49 heavy (non-hydrogen) atoms. The Balaban J connectivity index is 1.55. The van der Waals surface area contributed by atoms with Crippen LogP contribution in [0.25, 0.3) is 22.3 Å². The summed E-state index contributed by atoms with van der Waals surface area (Å²) in [6, 6.07) is 14.2. The van der Waals surface area contributed by atoms with Gasteiger partial charge in [-0.1, -0.05) is 23.7 Å². The van der Waals surface area contributed by atoms with Crippen LogP contribution in [0.3, 0.4) is 0 Å². The van der Waals surface area contributed by atoms with Crippen molar-refractivity contribution < 1.29 is 50.1 Å². The maximum absolute atomic E-state index is 13.6. The molecule has 0 spiro atoms. The molecule has 1 aliphatic rings. The van der Waals surface area contributed by atoms with Crippen molar-refractivity contribution in [1.82, 2.24) is 4.90 Å². The smallest absolute Gasteiger partial charge is 0.416 e. The Bertz CT molecular complexity index is 1910. The number of carbonyl (C=O) groups is 2. The predicted molar refractivity (Wildman–Crippen MR) is 170 cm³/mol. The molecular weight excluding hydrogens is 676 g/mol. The van der Waals surface area contributed by atoms with E-state index in [1.165, 1.54) is 26.0 Å². The summed E-state index contributed by atoms with van der Waals surface area (Å²) in [5.41, 5.74) is 1.89. The quantitative estimate of drug-likeness (QED) is 0.141. The molecule has 258 valence electrons. The number of ether oxygens (including phenoxy) is 3. The van der Waals surface area contributed by atoms with Gasteiger partial charge >= 0.3 is 24.4 Å². The molecule has 1 heterocycles. The van der Waals surface area contributed by atoms with E-state index in [4.69, 9.17) is 25.8 Å². The molecule has 0 saturated carbocycles. The second-order valence-corrected chi connectivity index (χ2v) is 12.1. The number of hydrogen-bond acceptors (Lipinski definition) is 5. The largest absolute Gasteiger partial charge is 0.496 e. The Morgan fingerprint density at radius 1 is 0.837 bits per heavy atom. The van der Waals surface area contributed by atoms with E-state index in [0.717, 1.165) is 22.3 Å². The summed E-state index contributed by atoms with van der Waals surface area (Å²) in [7, 11) is 2.80. The average Bonchev–Trinajstić information content (AvgIpc) is 3.31. The van der Waals surface area contributed by atoms with Crippen LogP contribution in [-0.4, -0.2) is 37.2 Å². The molecule has 4 aromatic carbocycles. The van der Waals surface area contributed by atoms with Gasteiger partial charge in [-0.2, -0.15) is 26.3 Å². The maximum atomic E-state index is 13.6. The molecule has 1 fully saturated rings. The van der Waals surface area contributed by atoms with E-state index in [1.807, 2.05) is 26.0 Å². The third kappa shape index (κ3) is 7.19. The Morgan fingerprint density at radius 2 is 1.47 bits per heavy atom. The molecule has 2 atom stereocenters. The number of nitrogens with zero attached hydrogens (tertiary/aromatic N) is 1. The number of hydrogen-bond donors (Lipinski definition) is 0. The Hall–Kier alpha value is -4.71. The highest BCUT2D eigenvalue weighted by molar-refractivity contribution is 6.30.